The topological polar surface area (TPSA) is 106 Å². The first-order valence-corrected chi connectivity index (χ1v) is 13.7. The zero-order chi connectivity index (χ0) is 30.9. The van der Waals surface area contributed by atoms with Crippen LogP contribution in [0.2, 0.25) is 0 Å². The summed E-state index contributed by atoms with van der Waals surface area (Å²) >= 11 is 0. The molecule has 222 valence electrons. The van der Waals surface area contributed by atoms with Crippen LogP contribution < -0.4 is 14.2 Å². The van der Waals surface area contributed by atoms with Gasteiger partial charge in [-0.25, -0.2) is 0 Å². The fourth-order valence-corrected chi connectivity index (χ4v) is 4.84. The third kappa shape index (κ3) is 7.16. The number of phenolic OH excluding ortho intramolecular Hbond substituents is 1. The first-order valence-electron chi connectivity index (χ1n) is 13.7. The normalized spacial score (nSPS) is 16.8. The van der Waals surface area contributed by atoms with Crippen LogP contribution >= 0.6 is 0 Å². The fourth-order valence-electron chi connectivity index (χ4n) is 4.84. The lowest BCUT2D eigenvalue weighted by molar-refractivity contribution is -0.127. The molecule has 8 heteroatoms. The van der Waals surface area contributed by atoms with E-state index < -0.39 is 23.5 Å². The minimum atomic E-state index is -0.891. The summed E-state index contributed by atoms with van der Waals surface area (Å²) in [4.78, 5) is 29.2. The number of hydrogen-bond acceptors (Lipinski definition) is 7. The van der Waals surface area contributed by atoms with Crippen molar-refractivity contribution in [2.75, 3.05) is 21.3 Å². The number of likely N-dealkylation sites (tertiary alicyclic amines) is 1. The van der Waals surface area contributed by atoms with Gasteiger partial charge >= 0.3 is 0 Å². The monoisotopic (exact) mass is 581 g/mol. The molecule has 0 aliphatic carbocycles. The van der Waals surface area contributed by atoms with Gasteiger partial charge in [-0.1, -0.05) is 48.6 Å². The Bertz CT molecular complexity index is 1580. The molecule has 2 N–H and O–H groups in total. The van der Waals surface area contributed by atoms with Crippen LogP contribution in [0, 0.1) is 0 Å². The fraction of sp³-hybridized carbons (Fsp3) is 0.200. The van der Waals surface area contributed by atoms with Crippen molar-refractivity contribution in [1.82, 2.24) is 4.90 Å². The third-order valence-corrected chi connectivity index (χ3v) is 7.15. The Morgan fingerprint density at radius 3 is 2.19 bits per heavy atom. The largest absolute Gasteiger partial charge is 0.508 e. The van der Waals surface area contributed by atoms with E-state index in [1.54, 1.807) is 62.8 Å². The van der Waals surface area contributed by atoms with Gasteiger partial charge < -0.3 is 29.3 Å². The van der Waals surface area contributed by atoms with Gasteiger partial charge in [0.25, 0.3) is 5.91 Å². The molecule has 0 aromatic heterocycles. The highest BCUT2D eigenvalue weighted by Gasteiger charge is 2.45. The highest BCUT2D eigenvalue weighted by Crippen LogP contribution is 2.33. The molecule has 1 amide bonds. The lowest BCUT2D eigenvalue weighted by atomic mass is 9.99. The van der Waals surface area contributed by atoms with Gasteiger partial charge in [-0.2, -0.15) is 0 Å². The Hall–Kier alpha value is -5.24. The summed E-state index contributed by atoms with van der Waals surface area (Å²) in [6.07, 6.45) is 8.92. The molecule has 0 bridgehead atoms. The first kappa shape index (κ1) is 30.7. The molecular weight excluding hydrogens is 546 g/mol. The lowest BCUT2D eigenvalue weighted by Gasteiger charge is -2.24. The highest BCUT2D eigenvalue weighted by molar-refractivity contribution is 6.27. The van der Waals surface area contributed by atoms with Gasteiger partial charge in [-0.05, 0) is 66.1 Å². The Morgan fingerprint density at radius 2 is 1.56 bits per heavy atom. The lowest BCUT2D eigenvalue weighted by Crippen LogP contribution is -2.36. The molecule has 0 unspecified atom stereocenters. The molecule has 3 aromatic rings. The second-order valence-electron chi connectivity index (χ2n) is 9.83. The van der Waals surface area contributed by atoms with Gasteiger partial charge in [0.05, 0.1) is 27.9 Å². The maximum atomic E-state index is 13.9. The molecule has 8 nitrogen and oxygen atoms in total. The molecular formula is C35H35NO7. The molecule has 1 aliphatic heterocycles. The van der Waals surface area contributed by atoms with Crippen molar-refractivity contribution in [3.8, 4) is 23.0 Å². The SMILES string of the molecule is C/C=C/C=C/C(=C\C(O)=C1/C(=O)[C@H](Cc2ccc(O)cc2)N(Cc2ccc(OC)cc2OC)C1=O)c1ccc(OC)cc1. The number of ether oxygens (including phenoxy) is 3. The number of aliphatic hydroxyl groups excluding tert-OH is 1. The second-order valence-corrected chi connectivity index (χ2v) is 9.83. The number of nitrogens with zero attached hydrogens (tertiary/aromatic N) is 1. The first-order chi connectivity index (χ1) is 20.8. The van der Waals surface area contributed by atoms with Gasteiger partial charge in [0.15, 0.2) is 5.78 Å². The van der Waals surface area contributed by atoms with E-state index in [2.05, 4.69) is 0 Å². The van der Waals surface area contributed by atoms with E-state index in [1.165, 1.54) is 30.2 Å². The van der Waals surface area contributed by atoms with Gasteiger partial charge in [0.2, 0.25) is 0 Å². The second kappa shape index (κ2) is 14.1. The van der Waals surface area contributed by atoms with Crippen LogP contribution in [0.5, 0.6) is 23.0 Å². The number of ketones is 1. The van der Waals surface area contributed by atoms with Gasteiger partial charge in [-0.3, -0.25) is 9.59 Å². The van der Waals surface area contributed by atoms with E-state index >= 15 is 0 Å². The molecule has 1 atom stereocenters. The molecule has 1 heterocycles. The van der Waals surface area contributed by atoms with Crippen LogP contribution in [0.1, 0.15) is 23.6 Å². The average molecular weight is 582 g/mol. The number of benzene rings is 3. The maximum absolute atomic E-state index is 13.9. The molecule has 1 aliphatic rings. The standard InChI is InChI=1S/C35H35NO7/c1-5-6-7-8-25(24-11-16-28(41-2)17-12-24)20-31(38)33-34(39)30(19-23-9-14-27(37)15-10-23)36(35(33)40)22-26-13-18-29(42-3)21-32(26)43-4/h5-18,20-21,30,37-38H,19,22H2,1-4H3/b6-5+,8-7+,25-20+,33-31-/t30-/m0/s1. The molecule has 0 saturated carbocycles. The number of methoxy groups -OCH3 is 3. The molecule has 0 radical (unpaired) electrons. The Labute approximate surface area is 251 Å². The molecule has 0 spiro atoms. The van der Waals surface area contributed by atoms with Crippen molar-refractivity contribution >= 4 is 17.3 Å². The third-order valence-electron chi connectivity index (χ3n) is 7.15. The van der Waals surface area contributed by atoms with Crippen molar-refractivity contribution in [2.45, 2.75) is 25.9 Å². The van der Waals surface area contributed by atoms with E-state index in [1.807, 2.05) is 37.3 Å². The van der Waals surface area contributed by atoms with Crippen LogP contribution in [0.25, 0.3) is 5.57 Å². The number of phenols is 1. The minimum Gasteiger partial charge on any atom is -0.508 e. The van der Waals surface area contributed by atoms with E-state index in [9.17, 15) is 19.8 Å². The van der Waals surface area contributed by atoms with Crippen molar-refractivity contribution < 1.29 is 34.0 Å². The van der Waals surface area contributed by atoms with Crippen LogP contribution in [0.15, 0.2) is 108 Å². The quantitative estimate of drug-likeness (QED) is 0.124. The van der Waals surface area contributed by atoms with Crippen LogP contribution in [0.4, 0.5) is 0 Å². The summed E-state index contributed by atoms with van der Waals surface area (Å²) in [5.41, 5.74) is 2.48. The summed E-state index contributed by atoms with van der Waals surface area (Å²) < 4.78 is 16.1. The predicted octanol–water partition coefficient (Wildman–Crippen LogP) is 5.97. The summed E-state index contributed by atoms with van der Waals surface area (Å²) in [5.74, 6) is 0.346. The smallest absolute Gasteiger partial charge is 0.262 e. The van der Waals surface area contributed by atoms with E-state index in [0.717, 1.165) is 11.1 Å². The van der Waals surface area contributed by atoms with Gasteiger partial charge in [0, 0.05) is 18.1 Å². The predicted molar refractivity (Wildman–Crippen MR) is 165 cm³/mol. The Morgan fingerprint density at radius 1 is 0.884 bits per heavy atom. The molecule has 3 aromatic carbocycles. The maximum Gasteiger partial charge on any atom is 0.262 e. The number of rotatable bonds is 11. The summed E-state index contributed by atoms with van der Waals surface area (Å²) in [5, 5.41) is 21.1. The Kier molecular flexibility index (Phi) is 10.1. The average Bonchev–Trinajstić information content (AvgIpc) is 3.25. The molecule has 1 saturated heterocycles. The number of Topliss-reactive ketones (excluding diaryl/α,β-unsaturated/α-hetero) is 1. The zero-order valence-corrected chi connectivity index (χ0v) is 24.6. The van der Waals surface area contributed by atoms with Gasteiger partial charge in [0.1, 0.15) is 40.4 Å². The van der Waals surface area contributed by atoms with Gasteiger partial charge in [-0.15, -0.1) is 0 Å². The van der Waals surface area contributed by atoms with Crippen molar-refractivity contribution in [3.05, 3.63) is 125 Å². The Balaban J connectivity index is 1.79. The summed E-state index contributed by atoms with van der Waals surface area (Å²) in [7, 11) is 4.65. The van der Waals surface area contributed by atoms with Crippen LogP contribution in [0.3, 0.4) is 0 Å². The number of allylic oxidation sites excluding steroid dienone is 6. The number of aliphatic hydroxyl groups is 1. The number of aromatic hydroxyl groups is 1. The number of amides is 1. The van der Waals surface area contributed by atoms with E-state index in [-0.39, 0.29) is 24.3 Å². The van der Waals surface area contributed by atoms with Crippen molar-refractivity contribution in [1.29, 1.82) is 0 Å². The number of carbonyl (C=O) groups is 2. The minimum absolute atomic E-state index is 0.0630. The highest BCUT2D eigenvalue weighted by atomic mass is 16.5. The summed E-state index contributed by atoms with van der Waals surface area (Å²) in [6, 6.07) is 18.1. The van der Waals surface area contributed by atoms with Crippen molar-refractivity contribution in [3.63, 3.8) is 0 Å². The molecule has 43 heavy (non-hydrogen) atoms. The summed E-state index contributed by atoms with van der Waals surface area (Å²) in [6.45, 7) is 1.95. The number of hydrogen-bond donors (Lipinski definition) is 2. The van der Waals surface area contributed by atoms with E-state index in [0.29, 0.717) is 28.4 Å². The van der Waals surface area contributed by atoms with Crippen LogP contribution in [-0.2, 0) is 22.6 Å². The zero-order valence-electron chi connectivity index (χ0n) is 24.6. The molecule has 4 rings (SSSR count). The number of carbonyl (C=O) groups excluding carboxylic acids is 2. The van der Waals surface area contributed by atoms with Crippen molar-refractivity contribution in [2.24, 2.45) is 0 Å². The molecule has 1 fully saturated rings. The van der Waals surface area contributed by atoms with E-state index in [4.69, 9.17) is 14.2 Å². The van der Waals surface area contributed by atoms with Crippen LogP contribution in [-0.4, -0.2) is 54.2 Å².